The Bertz CT molecular complexity index is 770. The van der Waals surface area contributed by atoms with Gasteiger partial charge in [-0.25, -0.2) is 4.79 Å². The Balaban J connectivity index is 2.06. The summed E-state index contributed by atoms with van der Waals surface area (Å²) in [6.45, 7) is 7.90. The van der Waals surface area contributed by atoms with E-state index in [0.717, 1.165) is 5.56 Å². The molecule has 0 aliphatic rings. The van der Waals surface area contributed by atoms with E-state index < -0.39 is 12.1 Å². The average Bonchev–Trinajstić information content (AvgIpc) is 2.62. The normalized spacial score (nSPS) is 11.7. The summed E-state index contributed by atoms with van der Waals surface area (Å²) in [6.07, 6.45) is -0.679. The molecular formula is C21H25NO4. The molecule has 26 heavy (non-hydrogen) atoms. The van der Waals surface area contributed by atoms with Gasteiger partial charge < -0.3 is 14.8 Å². The Hall–Kier alpha value is -2.82. The lowest BCUT2D eigenvalue weighted by Gasteiger charge is -2.18. The monoisotopic (exact) mass is 355 g/mol. The van der Waals surface area contributed by atoms with Gasteiger partial charge in [0, 0.05) is 5.69 Å². The van der Waals surface area contributed by atoms with Gasteiger partial charge in [0.25, 0.3) is 5.91 Å². The molecule has 5 heteroatoms. The van der Waals surface area contributed by atoms with Gasteiger partial charge in [-0.2, -0.15) is 0 Å². The van der Waals surface area contributed by atoms with Crippen molar-refractivity contribution in [3.8, 4) is 5.75 Å². The summed E-state index contributed by atoms with van der Waals surface area (Å²) in [4.78, 5) is 24.3. The number of amides is 1. The van der Waals surface area contributed by atoms with Crippen molar-refractivity contribution in [1.29, 1.82) is 0 Å². The molecule has 2 aromatic rings. The number of benzene rings is 2. The van der Waals surface area contributed by atoms with Crippen molar-refractivity contribution >= 4 is 17.6 Å². The predicted molar refractivity (Wildman–Crippen MR) is 102 cm³/mol. The van der Waals surface area contributed by atoms with Gasteiger partial charge in [0.05, 0.1) is 12.2 Å². The Morgan fingerprint density at radius 2 is 1.77 bits per heavy atom. The summed E-state index contributed by atoms with van der Waals surface area (Å²) < 4.78 is 10.8. The number of esters is 1. The van der Waals surface area contributed by atoms with Crippen LogP contribution in [-0.4, -0.2) is 24.6 Å². The van der Waals surface area contributed by atoms with Gasteiger partial charge in [-0.1, -0.05) is 38.1 Å². The van der Waals surface area contributed by atoms with E-state index in [-0.39, 0.29) is 5.91 Å². The summed E-state index contributed by atoms with van der Waals surface area (Å²) in [5.41, 5.74) is 1.97. The molecule has 0 saturated heterocycles. The highest BCUT2D eigenvalue weighted by molar-refractivity contribution is 5.96. The molecule has 0 spiro atoms. The fraction of sp³-hybridized carbons (Fsp3) is 0.333. The number of hydrogen-bond donors (Lipinski definition) is 1. The molecule has 138 valence electrons. The molecule has 0 aliphatic carbocycles. The van der Waals surface area contributed by atoms with E-state index in [0.29, 0.717) is 29.5 Å². The maximum Gasteiger partial charge on any atom is 0.338 e. The zero-order valence-electron chi connectivity index (χ0n) is 15.6. The number of rotatable bonds is 7. The summed E-state index contributed by atoms with van der Waals surface area (Å²) in [7, 11) is 0. The van der Waals surface area contributed by atoms with Crippen LogP contribution in [0.4, 0.5) is 5.69 Å². The van der Waals surface area contributed by atoms with Gasteiger partial charge in [0.15, 0.2) is 6.10 Å². The van der Waals surface area contributed by atoms with E-state index in [9.17, 15) is 9.59 Å². The van der Waals surface area contributed by atoms with E-state index in [1.54, 1.807) is 38.1 Å². The minimum absolute atomic E-state index is 0.287. The highest BCUT2D eigenvalue weighted by Crippen LogP contribution is 2.27. The quantitative estimate of drug-likeness (QED) is 0.748. The van der Waals surface area contributed by atoms with Crippen molar-refractivity contribution in [2.45, 2.75) is 39.7 Å². The number of nitrogens with one attached hydrogen (secondary N) is 1. The zero-order valence-corrected chi connectivity index (χ0v) is 15.6. The maximum absolute atomic E-state index is 12.5. The van der Waals surface area contributed by atoms with E-state index >= 15 is 0 Å². The van der Waals surface area contributed by atoms with Crippen molar-refractivity contribution in [2.75, 3.05) is 11.9 Å². The molecule has 0 bridgehead atoms. The molecule has 1 N–H and O–H groups in total. The first-order chi connectivity index (χ1) is 12.4. The van der Waals surface area contributed by atoms with E-state index in [4.69, 9.17) is 9.47 Å². The third-order valence-electron chi connectivity index (χ3n) is 3.86. The molecule has 2 rings (SSSR count). The Kier molecular flexibility index (Phi) is 6.78. The van der Waals surface area contributed by atoms with Gasteiger partial charge in [0.1, 0.15) is 5.75 Å². The van der Waals surface area contributed by atoms with Gasteiger partial charge in [-0.05, 0) is 49.6 Å². The third-order valence-corrected chi connectivity index (χ3v) is 3.86. The lowest BCUT2D eigenvalue weighted by atomic mass is 10.0. The van der Waals surface area contributed by atoms with Crippen LogP contribution >= 0.6 is 0 Å². The van der Waals surface area contributed by atoms with E-state index in [1.165, 1.54) is 0 Å². The lowest BCUT2D eigenvalue weighted by molar-refractivity contribution is -0.122. The van der Waals surface area contributed by atoms with Crippen LogP contribution in [0.25, 0.3) is 0 Å². The standard InChI is InChI=1S/C21H25NO4/c1-5-25-21(24)16-9-8-10-17(13-16)22-20(23)15(4)26-19-12-7-6-11-18(19)14(2)3/h6-15H,5H2,1-4H3,(H,22,23)/t15-/m1/s1. The highest BCUT2D eigenvalue weighted by Gasteiger charge is 2.18. The van der Waals surface area contributed by atoms with Gasteiger partial charge in [-0.3, -0.25) is 4.79 Å². The van der Waals surface area contributed by atoms with Gasteiger partial charge in [-0.15, -0.1) is 0 Å². The first kappa shape index (κ1) is 19.5. The first-order valence-corrected chi connectivity index (χ1v) is 8.76. The summed E-state index contributed by atoms with van der Waals surface area (Å²) in [6, 6.07) is 14.3. The second-order valence-corrected chi connectivity index (χ2v) is 6.24. The fourth-order valence-electron chi connectivity index (χ4n) is 2.49. The average molecular weight is 355 g/mol. The van der Waals surface area contributed by atoms with Gasteiger partial charge in [0.2, 0.25) is 0 Å². The largest absolute Gasteiger partial charge is 0.481 e. The van der Waals surface area contributed by atoms with Gasteiger partial charge >= 0.3 is 5.97 Å². The van der Waals surface area contributed by atoms with Crippen molar-refractivity contribution in [3.63, 3.8) is 0 Å². The Morgan fingerprint density at radius 1 is 1.04 bits per heavy atom. The predicted octanol–water partition coefficient (Wildman–Crippen LogP) is 4.39. The van der Waals surface area contributed by atoms with Crippen molar-refractivity contribution in [3.05, 3.63) is 59.7 Å². The van der Waals surface area contributed by atoms with Crippen molar-refractivity contribution in [2.24, 2.45) is 0 Å². The minimum atomic E-state index is -0.679. The molecule has 1 amide bonds. The number of para-hydroxylation sites is 1. The minimum Gasteiger partial charge on any atom is -0.481 e. The molecule has 0 heterocycles. The number of anilines is 1. The fourth-order valence-corrected chi connectivity index (χ4v) is 2.49. The van der Waals surface area contributed by atoms with Crippen LogP contribution in [0.1, 0.15) is 49.5 Å². The molecule has 0 radical (unpaired) electrons. The van der Waals surface area contributed by atoms with Crippen LogP contribution in [0.2, 0.25) is 0 Å². The SMILES string of the molecule is CCOC(=O)c1cccc(NC(=O)[C@@H](C)Oc2ccccc2C(C)C)c1. The van der Waals surface area contributed by atoms with Crippen molar-refractivity contribution in [1.82, 2.24) is 0 Å². The molecule has 5 nitrogen and oxygen atoms in total. The van der Waals surface area contributed by atoms with Crippen LogP contribution in [0, 0.1) is 0 Å². The topological polar surface area (TPSA) is 64.6 Å². The van der Waals surface area contributed by atoms with Crippen LogP contribution in [0.3, 0.4) is 0 Å². The molecule has 0 aromatic heterocycles. The zero-order chi connectivity index (χ0) is 19.1. The Labute approximate surface area is 154 Å². The molecule has 2 aromatic carbocycles. The van der Waals surface area contributed by atoms with Crippen molar-refractivity contribution < 1.29 is 19.1 Å². The smallest absolute Gasteiger partial charge is 0.338 e. The van der Waals surface area contributed by atoms with Crippen LogP contribution in [-0.2, 0) is 9.53 Å². The number of carbonyl (C=O) groups excluding carboxylic acids is 2. The number of carbonyl (C=O) groups is 2. The molecule has 0 aliphatic heterocycles. The summed E-state index contributed by atoms with van der Waals surface area (Å²) >= 11 is 0. The third kappa shape index (κ3) is 5.09. The Morgan fingerprint density at radius 3 is 2.46 bits per heavy atom. The van der Waals surface area contributed by atoms with E-state index in [1.807, 2.05) is 24.3 Å². The number of ether oxygens (including phenoxy) is 2. The summed E-state index contributed by atoms with van der Waals surface area (Å²) in [5.74, 6) is 0.288. The molecule has 0 unspecified atom stereocenters. The van der Waals surface area contributed by atoms with Crippen LogP contribution in [0.15, 0.2) is 48.5 Å². The number of hydrogen-bond acceptors (Lipinski definition) is 4. The first-order valence-electron chi connectivity index (χ1n) is 8.76. The maximum atomic E-state index is 12.5. The second kappa shape index (κ2) is 9.04. The molecule has 0 saturated carbocycles. The van der Waals surface area contributed by atoms with Crippen LogP contribution in [0.5, 0.6) is 5.75 Å². The molecular weight excluding hydrogens is 330 g/mol. The molecule has 0 fully saturated rings. The molecule has 1 atom stereocenters. The lowest BCUT2D eigenvalue weighted by Crippen LogP contribution is -2.30. The highest BCUT2D eigenvalue weighted by atomic mass is 16.5. The second-order valence-electron chi connectivity index (χ2n) is 6.24. The summed E-state index contributed by atoms with van der Waals surface area (Å²) in [5, 5.41) is 2.78. The van der Waals surface area contributed by atoms with Crippen LogP contribution < -0.4 is 10.1 Å². The van der Waals surface area contributed by atoms with E-state index in [2.05, 4.69) is 19.2 Å².